The van der Waals surface area contributed by atoms with Gasteiger partial charge in [-0.25, -0.2) is 4.79 Å². The van der Waals surface area contributed by atoms with E-state index in [1.165, 1.54) is 51.4 Å². The zero-order valence-electron chi connectivity index (χ0n) is 28.0. The molecule has 4 fully saturated rings. The molecule has 0 aromatic heterocycles. The van der Waals surface area contributed by atoms with Crippen molar-refractivity contribution in [3.8, 4) is 0 Å². The van der Waals surface area contributed by atoms with Gasteiger partial charge in [-0.05, 0) is 116 Å². The molecule has 9 atom stereocenters. The third-order valence-electron chi connectivity index (χ3n) is 13.0. The summed E-state index contributed by atoms with van der Waals surface area (Å²) >= 11 is 0. The summed E-state index contributed by atoms with van der Waals surface area (Å²) in [6, 6.07) is 7.72. The minimum Gasteiger partial charge on any atom is -0.458 e. The maximum absolute atomic E-state index is 13.1. The van der Waals surface area contributed by atoms with Crippen LogP contribution in [0.5, 0.6) is 0 Å². The molecule has 1 heterocycles. The van der Waals surface area contributed by atoms with Gasteiger partial charge in [0.25, 0.3) is 0 Å². The summed E-state index contributed by atoms with van der Waals surface area (Å²) in [5.41, 5.74) is 3.98. The van der Waals surface area contributed by atoms with Gasteiger partial charge in [0.1, 0.15) is 11.7 Å². The summed E-state index contributed by atoms with van der Waals surface area (Å²) in [5.74, 6) is 4.90. The SMILES string of the molecule is CC(C)CCC[C@@H](C)[C@H]1CC[C@H]2[C@@H]3CC=C4C[C@@H](OC(=O)c5ccc(COCC6(C)CO6)cc5)CC[C@]4(C)[C@H]3CC[C@]12C. The average molecular weight is 591 g/mol. The second-order valence-electron chi connectivity index (χ2n) is 16.5. The van der Waals surface area contributed by atoms with Gasteiger partial charge in [0, 0.05) is 6.42 Å². The number of hydrogen-bond donors (Lipinski definition) is 0. The van der Waals surface area contributed by atoms with Crippen molar-refractivity contribution >= 4 is 5.97 Å². The molecule has 0 spiro atoms. The van der Waals surface area contributed by atoms with E-state index in [0.29, 0.717) is 24.2 Å². The smallest absolute Gasteiger partial charge is 0.338 e. The second kappa shape index (κ2) is 12.3. The Labute approximate surface area is 261 Å². The van der Waals surface area contributed by atoms with Crippen LogP contribution in [0.15, 0.2) is 35.9 Å². The average Bonchev–Trinajstić information content (AvgIpc) is 3.59. The molecule has 4 nitrogen and oxygen atoms in total. The molecule has 43 heavy (non-hydrogen) atoms. The molecular weight excluding hydrogens is 532 g/mol. The van der Waals surface area contributed by atoms with Crippen LogP contribution in [0.2, 0.25) is 0 Å². The number of epoxide rings is 1. The zero-order chi connectivity index (χ0) is 30.4. The molecule has 0 N–H and O–H groups in total. The highest BCUT2D eigenvalue weighted by Crippen LogP contribution is 2.67. The van der Waals surface area contributed by atoms with E-state index in [9.17, 15) is 4.79 Å². The highest BCUT2D eigenvalue weighted by Gasteiger charge is 2.59. The lowest BCUT2D eigenvalue weighted by Gasteiger charge is -2.58. The number of rotatable bonds is 11. The molecule has 4 aliphatic carbocycles. The molecule has 1 unspecified atom stereocenters. The number of fused-ring (bicyclic) bond motifs is 5. The third-order valence-corrected chi connectivity index (χ3v) is 13.0. The molecular formula is C39H58O4. The zero-order valence-corrected chi connectivity index (χ0v) is 28.0. The lowest BCUT2D eigenvalue weighted by Crippen LogP contribution is -2.51. The fourth-order valence-electron chi connectivity index (χ4n) is 10.3. The summed E-state index contributed by atoms with van der Waals surface area (Å²) < 4.78 is 17.3. The molecule has 3 saturated carbocycles. The molecule has 238 valence electrons. The van der Waals surface area contributed by atoms with Crippen molar-refractivity contribution in [2.24, 2.45) is 46.3 Å². The van der Waals surface area contributed by atoms with Gasteiger partial charge < -0.3 is 14.2 Å². The summed E-state index contributed by atoms with van der Waals surface area (Å²) in [4.78, 5) is 13.1. The third kappa shape index (κ3) is 6.39. The highest BCUT2D eigenvalue weighted by molar-refractivity contribution is 5.89. The summed E-state index contributed by atoms with van der Waals surface area (Å²) in [5, 5.41) is 0. The van der Waals surface area contributed by atoms with E-state index in [-0.39, 0.29) is 23.1 Å². The lowest BCUT2D eigenvalue weighted by atomic mass is 9.47. The van der Waals surface area contributed by atoms with Crippen LogP contribution in [-0.2, 0) is 20.8 Å². The van der Waals surface area contributed by atoms with Crippen molar-refractivity contribution in [2.45, 2.75) is 130 Å². The van der Waals surface area contributed by atoms with Gasteiger partial charge in [0.2, 0.25) is 0 Å². The van der Waals surface area contributed by atoms with Crippen LogP contribution in [-0.4, -0.2) is 30.9 Å². The van der Waals surface area contributed by atoms with E-state index >= 15 is 0 Å². The largest absolute Gasteiger partial charge is 0.458 e. The van der Waals surface area contributed by atoms with Crippen molar-refractivity contribution in [1.29, 1.82) is 0 Å². The van der Waals surface area contributed by atoms with Crippen molar-refractivity contribution in [3.05, 3.63) is 47.0 Å². The monoisotopic (exact) mass is 590 g/mol. The number of hydrogen-bond acceptors (Lipinski definition) is 4. The Morgan fingerprint density at radius 1 is 0.977 bits per heavy atom. The van der Waals surface area contributed by atoms with Crippen LogP contribution in [0.1, 0.15) is 128 Å². The fraction of sp³-hybridized carbons (Fsp3) is 0.769. The fourth-order valence-corrected chi connectivity index (χ4v) is 10.3. The van der Waals surface area contributed by atoms with Gasteiger partial charge in [-0.1, -0.05) is 77.7 Å². The molecule has 0 amide bonds. The molecule has 0 bridgehead atoms. The number of esters is 1. The van der Waals surface area contributed by atoms with Gasteiger partial charge in [-0.2, -0.15) is 0 Å². The molecule has 1 aliphatic heterocycles. The first-order valence-electron chi connectivity index (χ1n) is 17.7. The molecule has 0 radical (unpaired) electrons. The van der Waals surface area contributed by atoms with Gasteiger partial charge in [0.05, 0.1) is 25.4 Å². The predicted octanol–water partition coefficient (Wildman–Crippen LogP) is 9.56. The van der Waals surface area contributed by atoms with Crippen molar-refractivity contribution in [1.82, 2.24) is 0 Å². The number of benzene rings is 1. The first-order valence-corrected chi connectivity index (χ1v) is 17.7. The normalized spacial score (nSPS) is 39.0. The number of carbonyl (C=O) groups is 1. The van der Waals surface area contributed by atoms with E-state index in [0.717, 1.165) is 66.9 Å². The lowest BCUT2D eigenvalue weighted by molar-refractivity contribution is -0.0594. The van der Waals surface area contributed by atoms with Crippen LogP contribution >= 0.6 is 0 Å². The number of carbonyl (C=O) groups excluding carboxylic acids is 1. The van der Waals surface area contributed by atoms with E-state index < -0.39 is 0 Å². The van der Waals surface area contributed by atoms with E-state index in [4.69, 9.17) is 14.2 Å². The summed E-state index contributed by atoms with van der Waals surface area (Å²) in [6.07, 6.45) is 16.7. The first kappa shape index (κ1) is 31.3. The van der Waals surface area contributed by atoms with Crippen LogP contribution in [0, 0.1) is 46.3 Å². The van der Waals surface area contributed by atoms with Crippen molar-refractivity contribution in [2.75, 3.05) is 13.2 Å². The predicted molar refractivity (Wildman–Crippen MR) is 173 cm³/mol. The summed E-state index contributed by atoms with van der Waals surface area (Å²) in [7, 11) is 0. The van der Waals surface area contributed by atoms with Gasteiger partial charge in [0.15, 0.2) is 0 Å². The Bertz CT molecular complexity index is 1160. The standard InChI is InChI=1S/C39H58O4/c1-26(2)8-7-9-27(3)33-16-17-34-32-15-14-30-22-31(18-20-38(30,5)35(32)19-21-39(33,34)6)43-36(40)29-12-10-28(11-13-29)23-41-24-37(4)25-42-37/h10-14,26-27,31-35H,7-9,15-25H2,1-6H3/t27-,31+,32+,33-,34+,35+,37?,38+,39-/m1/s1. The highest BCUT2D eigenvalue weighted by atomic mass is 16.6. The Kier molecular flexibility index (Phi) is 8.94. The molecule has 6 rings (SSSR count). The van der Waals surface area contributed by atoms with Crippen LogP contribution in [0.25, 0.3) is 0 Å². The second-order valence-corrected chi connectivity index (χ2v) is 16.5. The van der Waals surface area contributed by atoms with Crippen molar-refractivity contribution in [3.63, 3.8) is 0 Å². The quantitative estimate of drug-likeness (QED) is 0.146. The summed E-state index contributed by atoms with van der Waals surface area (Å²) in [6.45, 7) is 16.5. The van der Waals surface area contributed by atoms with Gasteiger partial charge >= 0.3 is 5.97 Å². The number of ether oxygens (including phenoxy) is 3. The Balaban J connectivity index is 1.04. The molecule has 4 heteroatoms. The molecule has 1 saturated heterocycles. The number of allylic oxidation sites excluding steroid dienone is 1. The molecule has 5 aliphatic rings. The van der Waals surface area contributed by atoms with Crippen molar-refractivity contribution < 1.29 is 19.0 Å². The van der Waals surface area contributed by atoms with E-state index in [1.807, 2.05) is 24.3 Å². The van der Waals surface area contributed by atoms with Crippen LogP contribution in [0.3, 0.4) is 0 Å². The van der Waals surface area contributed by atoms with Crippen LogP contribution in [0.4, 0.5) is 0 Å². The van der Waals surface area contributed by atoms with Gasteiger partial charge in [-0.15, -0.1) is 0 Å². The topological polar surface area (TPSA) is 48.1 Å². The van der Waals surface area contributed by atoms with Gasteiger partial charge in [-0.3, -0.25) is 0 Å². The first-order chi connectivity index (χ1) is 20.5. The molecule has 1 aromatic rings. The maximum atomic E-state index is 13.1. The molecule has 1 aromatic carbocycles. The Morgan fingerprint density at radius 2 is 1.74 bits per heavy atom. The minimum atomic E-state index is -0.192. The maximum Gasteiger partial charge on any atom is 0.338 e. The van der Waals surface area contributed by atoms with E-state index in [2.05, 4.69) is 47.6 Å². The van der Waals surface area contributed by atoms with E-state index in [1.54, 1.807) is 5.57 Å². The Morgan fingerprint density at radius 3 is 2.47 bits per heavy atom. The Hall–Kier alpha value is -1.65. The minimum absolute atomic E-state index is 0.0120. The van der Waals surface area contributed by atoms with Crippen LogP contribution < -0.4 is 0 Å².